The second-order valence-electron chi connectivity index (χ2n) is 5.01. The van der Waals surface area contributed by atoms with E-state index in [1.165, 1.54) is 4.31 Å². The molecule has 1 heterocycles. The lowest BCUT2D eigenvalue weighted by Crippen LogP contribution is -2.45. The van der Waals surface area contributed by atoms with Crippen LogP contribution in [0.3, 0.4) is 0 Å². The van der Waals surface area contributed by atoms with Gasteiger partial charge in [0.2, 0.25) is 10.0 Å². The summed E-state index contributed by atoms with van der Waals surface area (Å²) >= 11 is 0. The molecule has 0 spiro atoms. The maximum absolute atomic E-state index is 12.6. The van der Waals surface area contributed by atoms with Gasteiger partial charge in [-0.3, -0.25) is 0 Å². The molecular formula is C13H20N2O3S. The summed E-state index contributed by atoms with van der Waals surface area (Å²) in [6.45, 7) is 2.76. The number of hydrogen-bond acceptors (Lipinski definition) is 4. The summed E-state index contributed by atoms with van der Waals surface area (Å²) in [6, 6.07) is 6.81. The third kappa shape index (κ3) is 2.81. The summed E-state index contributed by atoms with van der Waals surface area (Å²) in [6.07, 6.45) is 0.0572. The van der Waals surface area contributed by atoms with E-state index in [0.29, 0.717) is 25.1 Å². The summed E-state index contributed by atoms with van der Waals surface area (Å²) in [4.78, 5) is 0.279. The van der Waals surface area contributed by atoms with E-state index < -0.39 is 16.1 Å². The standard InChI is InChI=1S/C13H20N2O3S/c1-10-9-15(7-6-12(10)16)19(17,18)13-5-3-2-4-11(13)8-14/h2-5,10,12,16H,6-9,14H2,1H3. The highest BCUT2D eigenvalue weighted by Crippen LogP contribution is 2.25. The first-order valence-corrected chi connectivity index (χ1v) is 7.87. The van der Waals surface area contributed by atoms with Crippen molar-refractivity contribution in [1.29, 1.82) is 0 Å². The van der Waals surface area contributed by atoms with Crippen LogP contribution >= 0.6 is 0 Å². The molecule has 2 atom stereocenters. The van der Waals surface area contributed by atoms with Crippen molar-refractivity contribution >= 4 is 10.0 Å². The Balaban J connectivity index is 2.32. The van der Waals surface area contributed by atoms with Gasteiger partial charge < -0.3 is 10.8 Å². The Morgan fingerprint density at radius 1 is 1.42 bits per heavy atom. The maximum atomic E-state index is 12.6. The van der Waals surface area contributed by atoms with E-state index in [9.17, 15) is 13.5 Å². The molecule has 1 saturated heterocycles. The topological polar surface area (TPSA) is 83.6 Å². The first-order valence-electron chi connectivity index (χ1n) is 6.43. The average molecular weight is 284 g/mol. The minimum Gasteiger partial charge on any atom is -0.393 e. The fourth-order valence-corrected chi connectivity index (χ4v) is 4.17. The van der Waals surface area contributed by atoms with Gasteiger partial charge in [0.15, 0.2) is 0 Å². The van der Waals surface area contributed by atoms with E-state index in [1.807, 2.05) is 6.92 Å². The van der Waals surface area contributed by atoms with Crippen LogP contribution in [0.2, 0.25) is 0 Å². The lowest BCUT2D eigenvalue weighted by molar-refractivity contribution is 0.0628. The van der Waals surface area contributed by atoms with Crippen molar-refractivity contribution in [3.8, 4) is 0 Å². The van der Waals surface area contributed by atoms with Gasteiger partial charge in [-0.05, 0) is 24.0 Å². The van der Waals surface area contributed by atoms with Crippen LogP contribution in [-0.4, -0.2) is 37.0 Å². The molecule has 0 aliphatic carbocycles. The van der Waals surface area contributed by atoms with Crippen LogP contribution in [0.1, 0.15) is 18.9 Å². The molecule has 6 heteroatoms. The van der Waals surface area contributed by atoms with Crippen molar-refractivity contribution in [3.63, 3.8) is 0 Å². The van der Waals surface area contributed by atoms with Gasteiger partial charge in [-0.2, -0.15) is 4.31 Å². The number of sulfonamides is 1. The molecule has 5 nitrogen and oxygen atoms in total. The van der Waals surface area contributed by atoms with Crippen molar-refractivity contribution in [3.05, 3.63) is 29.8 Å². The quantitative estimate of drug-likeness (QED) is 0.848. The predicted octanol–water partition coefficient (Wildman–Crippen LogP) is 0.537. The van der Waals surface area contributed by atoms with Gasteiger partial charge >= 0.3 is 0 Å². The predicted molar refractivity (Wildman–Crippen MR) is 72.9 cm³/mol. The summed E-state index contributed by atoms with van der Waals surface area (Å²) in [5, 5.41) is 9.69. The van der Waals surface area contributed by atoms with Crippen LogP contribution in [0.4, 0.5) is 0 Å². The molecule has 1 aliphatic heterocycles. The van der Waals surface area contributed by atoms with Crippen LogP contribution < -0.4 is 5.73 Å². The number of rotatable bonds is 3. The van der Waals surface area contributed by atoms with E-state index in [-0.39, 0.29) is 17.4 Å². The minimum absolute atomic E-state index is 0.0476. The highest BCUT2D eigenvalue weighted by atomic mass is 32.2. The SMILES string of the molecule is CC1CN(S(=O)(=O)c2ccccc2CN)CCC1O. The van der Waals surface area contributed by atoms with Gasteiger partial charge in [-0.1, -0.05) is 25.1 Å². The average Bonchev–Trinajstić information content (AvgIpc) is 2.41. The van der Waals surface area contributed by atoms with Gasteiger partial charge in [-0.15, -0.1) is 0 Å². The molecule has 1 aromatic rings. The normalized spacial score (nSPS) is 25.4. The number of nitrogens with zero attached hydrogens (tertiary/aromatic N) is 1. The first-order chi connectivity index (χ1) is 8.96. The lowest BCUT2D eigenvalue weighted by atomic mass is 9.99. The van der Waals surface area contributed by atoms with Gasteiger partial charge in [0.05, 0.1) is 11.0 Å². The lowest BCUT2D eigenvalue weighted by Gasteiger charge is -2.33. The van der Waals surface area contributed by atoms with Gasteiger partial charge in [0.25, 0.3) is 0 Å². The van der Waals surface area contributed by atoms with Crippen LogP contribution in [0.5, 0.6) is 0 Å². The van der Waals surface area contributed by atoms with Crippen molar-refractivity contribution in [2.24, 2.45) is 11.7 Å². The zero-order valence-electron chi connectivity index (χ0n) is 11.0. The molecule has 0 radical (unpaired) electrons. The Kier molecular flexibility index (Phi) is 4.25. The second kappa shape index (κ2) is 5.58. The third-order valence-corrected chi connectivity index (χ3v) is 5.60. The smallest absolute Gasteiger partial charge is 0.243 e. The number of benzene rings is 1. The Labute approximate surface area is 114 Å². The summed E-state index contributed by atoms with van der Waals surface area (Å²) < 4.78 is 26.7. The van der Waals surface area contributed by atoms with Crippen LogP contribution in [0, 0.1) is 5.92 Å². The van der Waals surface area contributed by atoms with Crippen molar-refractivity contribution in [2.75, 3.05) is 13.1 Å². The molecule has 0 saturated carbocycles. The van der Waals surface area contributed by atoms with Gasteiger partial charge in [0, 0.05) is 19.6 Å². The first kappa shape index (κ1) is 14.5. The minimum atomic E-state index is -3.52. The fraction of sp³-hybridized carbons (Fsp3) is 0.538. The fourth-order valence-electron chi connectivity index (χ4n) is 2.38. The third-order valence-electron chi connectivity index (χ3n) is 3.63. The molecule has 2 unspecified atom stereocenters. The molecule has 1 aromatic carbocycles. The molecule has 1 fully saturated rings. The largest absolute Gasteiger partial charge is 0.393 e. The van der Waals surface area contributed by atoms with E-state index >= 15 is 0 Å². The molecule has 3 N–H and O–H groups in total. The van der Waals surface area contributed by atoms with Gasteiger partial charge in [-0.25, -0.2) is 8.42 Å². The molecule has 0 bridgehead atoms. The Morgan fingerprint density at radius 2 is 2.11 bits per heavy atom. The molecule has 0 aromatic heterocycles. The second-order valence-corrected chi connectivity index (χ2v) is 6.91. The van der Waals surface area contributed by atoms with Gasteiger partial charge in [0.1, 0.15) is 0 Å². The highest BCUT2D eigenvalue weighted by molar-refractivity contribution is 7.89. The van der Waals surface area contributed by atoms with E-state index in [1.54, 1.807) is 24.3 Å². The van der Waals surface area contributed by atoms with E-state index in [0.717, 1.165) is 0 Å². The summed E-state index contributed by atoms with van der Waals surface area (Å²) in [7, 11) is -3.52. The van der Waals surface area contributed by atoms with Crippen LogP contribution in [-0.2, 0) is 16.6 Å². The number of aliphatic hydroxyl groups excluding tert-OH is 1. The Morgan fingerprint density at radius 3 is 2.74 bits per heavy atom. The van der Waals surface area contributed by atoms with Crippen molar-refractivity contribution in [2.45, 2.75) is 30.9 Å². The highest BCUT2D eigenvalue weighted by Gasteiger charge is 2.33. The van der Waals surface area contributed by atoms with Crippen molar-refractivity contribution in [1.82, 2.24) is 4.31 Å². The van der Waals surface area contributed by atoms with Crippen molar-refractivity contribution < 1.29 is 13.5 Å². The zero-order chi connectivity index (χ0) is 14.0. The number of hydrogen-bond donors (Lipinski definition) is 2. The van der Waals surface area contributed by atoms with E-state index in [2.05, 4.69) is 0 Å². The van der Waals surface area contributed by atoms with E-state index in [4.69, 9.17) is 5.73 Å². The van der Waals surface area contributed by atoms with Crippen LogP contribution in [0.25, 0.3) is 0 Å². The summed E-state index contributed by atoms with van der Waals surface area (Å²) in [5.74, 6) is -0.0476. The Hall–Kier alpha value is -0.950. The number of piperidine rings is 1. The molecule has 1 aliphatic rings. The number of aliphatic hydroxyl groups is 1. The van der Waals surface area contributed by atoms with Crippen LogP contribution in [0.15, 0.2) is 29.2 Å². The summed E-state index contributed by atoms with van der Waals surface area (Å²) in [5.41, 5.74) is 6.23. The molecule has 106 valence electrons. The maximum Gasteiger partial charge on any atom is 0.243 e. The number of nitrogens with two attached hydrogens (primary N) is 1. The molecular weight excluding hydrogens is 264 g/mol. The monoisotopic (exact) mass is 284 g/mol. The molecule has 2 rings (SSSR count). The molecule has 19 heavy (non-hydrogen) atoms. The zero-order valence-corrected chi connectivity index (χ0v) is 11.8. The Bertz CT molecular complexity index is 545. The molecule has 0 amide bonds.